The van der Waals surface area contributed by atoms with Gasteiger partial charge in [0, 0.05) is 23.5 Å². The van der Waals surface area contributed by atoms with Crippen LogP contribution in [-0.4, -0.2) is 16.6 Å². The number of nitrogens with zero attached hydrogens (tertiary/aromatic N) is 2. The smallest absolute Gasteiger partial charge is 0.243 e. The molecule has 5 nitrogen and oxygen atoms in total. The second-order valence-electron chi connectivity index (χ2n) is 5.71. The zero-order valence-corrected chi connectivity index (χ0v) is 12.6. The van der Waals surface area contributed by atoms with Gasteiger partial charge in [-0.1, -0.05) is 31.2 Å². The van der Waals surface area contributed by atoms with E-state index < -0.39 is 0 Å². The van der Waals surface area contributed by atoms with Crippen molar-refractivity contribution in [2.75, 3.05) is 0 Å². The average molecular weight is 305 g/mol. The van der Waals surface area contributed by atoms with Gasteiger partial charge in [0.25, 0.3) is 0 Å². The van der Waals surface area contributed by atoms with Gasteiger partial charge >= 0.3 is 0 Å². The maximum absolute atomic E-state index is 11.5. The van der Waals surface area contributed by atoms with Crippen molar-refractivity contribution in [3.63, 3.8) is 0 Å². The van der Waals surface area contributed by atoms with Crippen molar-refractivity contribution in [1.82, 2.24) is 10.4 Å². The highest BCUT2D eigenvalue weighted by atomic mass is 16.3. The van der Waals surface area contributed by atoms with E-state index in [0.29, 0.717) is 17.9 Å². The molecule has 0 aliphatic carbocycles. The number of nitrogens with one attached hydrogen (secondary N) is 1. The molecule has 1 aliphatic rings. The first kappa shape index (κ1) is 13.7. The van der Waals surface area contributed by atoms with Crippen LogP contribution in [0.2, 0.25) is 0 Å². The van der Waals surface area contributed by atoms with Crippen molar-refractivity contribution in [3.05, 3.63) is 54.1 Å². The van der Waals surface area contributed by atoms with Crippen LogP contribution in [0.4, 0.5) is 0 Å². The molecule has 0 bridgehead atoms. The molecule has 2 heterocycles. The van der Waals surface area contributed by atoms with Crippen molar-refractivity contribution in [2.24, 2.45) is 11.0 Å². The Bertz CT molecular complexity index is 912. The van der Waals surface area contributed by atoms with Gasteiger partial charge in [-0.25, -0.2) is 10.4 Å². The maximum atomic E-state index is 11.5. The van der Waals surface area contributed by atoms with Gasteiger partial charge in [-0.05, 0) is 24.3 Å². The average Bonchev–Trinajstić information content (AvgIpc) is 3.01. The summed E-state index contributed by atoms with van der Waals surface area (Å²) < 4.78 is 5.88. The highest BCUT2D eigenvalue weighted by molar-refractivity contribution is 6.06. The molecule has 1 aliphatic heterocycles. The Morgan fingerprint density at radius 1 is 1.13 bits per heavy atom. The van der Waals surface area contributed by atoms with Gasteiger partial charge in [0.1, 0.15) is 5.52 Å². The van der Waals surface area contributed by atoms with E-state index in [9.17, 15) is 4.79 Å². The minimum atomic E-state index is -0.0761. The molecule has 23 heavy (non-hydrogen) atoms. The van der Waals surface area contributed by atoms with Crippen LogP contribution in [0.5, 0.6) is 0 Å². The number of aromatic nitrogens is 1. The molecule has 1 unspecified atom stereocenters. The number of benzene rings is 2. The molecule has 1 aromatic heterocycles. The molecule has 0 saturated carbocycles. The van der Waals surface area contributed by atoms with Gasteiger partial charge in [-0.3, -0.25) is 4.79 Å². The quantitative estimate of drug-likeness (QED) is 0.789. The number of hydrogen-bond donors (Lipinski definition) is 1. The van der Waals surface area contributed by atoms with Crippen molar-refractivity contribution in [3.8, 4) is 11.5 Å². The van der Waals surface area contributed by atoms with Crippen molar-refractivity contribution in [1.29, 1.82) is 0 Å². The molecule has 0 saturated heterocycles. The summed E-state index contributed by atoms with van der Waals surface area (Å²) in [6.07, 6.45) is 0.622. The standard InChI is InChI=1S/C18H15N3O2/c1-11-9-15(20-21-17(11)22)13-7-8-14-16(10-13)23-18(19-14)12-5-3-2-4-6-12/h2-8,10-11H,9H2,1H3,(H,21,22). The van der Waals surface area contributed by atoms with E-state index >= 15 is 0 Å². The minimum absolute atomic E-state index is 0.0409. The number of fused-ring (bicyclic) bond motifs is 1. The first-order chi connectivity index (χ1) is 11.2. The van der Waals surface area contributed by atoms with Crippen LogP contribution >= 0.6 is 0 Å². The Balaban J connectivity index is 1.73. The first-order valence-electron chi connectivity index (χ1n) is 7.53. The van der Waals surface area contributed by atoms with E-state index in [4.69, 9.17) is 4.42 Å². The largest absolute Gasteiger partial charge is 0.436 e. The molecule has 3 aromatic rings. The van der Waals surface area contributed by atoms with E-state index in [-0.39, 0.29) is 11.8 Å². The Morgan fingerprint density at radius 3 is 2.74 bits per heavy atom. The minimum Gasteiger partial charge on any atom is -0.436 e. The van der Waals surface area contributed by atoms with Gasteiger partial charge in [-0.2, -0.15) is 5.10 Å². The van der Waals surface area contributed by atoms with Crippen molar-refractivity contribution >= 4 is 22.7 Å². The highest BCUT2D eigenvalue weighted by Gasteiger charge is 2.22. The van der Waals surface area contributed by atoms with Crippen LogP contribution in [0.3, 0.4) is 0 Å². The number of amides is 1. The van der Waals surface area contributed by atoms with Crippen LogP contribution in [0.25, 0.3) is 22.6 Å². The van der Waals surface area contributed by atoms with Gasteiger partial charge in [-0.15, -0.1) is 0 Å². The van der Waals surface area contributed by atoms with E-state index in [1.54, 1.807) is 0 Å². The van der Waals surface area contributed by atoms with Crippen molar-refractivity contribution < 1.29 is 9.21 Å². The number of carbonyl (C=O) groups is 1. The fourth-order valence-electron chi connectivity index (χ4n) is 2.65. The normalized spacial score (nSPS) is 17.9. The molecule has 5 heteroatoms. The lowest BCUT2D eigenvalue weighted by Gasteiger charge is -2.17. The lowest BCUT2D eigenvalue weighted by molar-refractivity contribution is -0.124. The van der Waals surface area contributed by atoms with E-state index in [0.717, 1.165) is 22.4 Å². The highest BCUT2D eigenvalue weighted by Crippen LogP contribution is 2.26. The maximum Gasteiger partial charge on any atom is 0.243 e. The zero-order valence-electron chi connectivity index (χ0n) is 12.6. The number of rotatable bonds is 2. The monoisotopic (exact) mass is 305 g/mol. The molecule has 114 valence electrons. The van der Waals surface area contributed by atoms with Crippen LogP contribution in [0.1, 0.15) is 18.9 Å². The van der Waals surface area contributed by atoms with Crippen molar-refractivity contribution in [2.45, 2.75) is 13.3 Å². The number of hydrazone groups is 1. The topological polar surface area (TPSA) is 67.5 Å². The Labute approximate surface area is 133 Å². The van der Waals surface area contributed by atoms with Gasteiger partial charge in [0.15, 0.2) is 5.58 Å². The second-order valence-corrected chi connectivity index (χ2v) is 5.71. The summed E-state index contributed by atoms with van der Waals surface area (Å²) in [5.74, 6) is 0.485. The Hall–Kier alpha value is -2.95. The predicted octanol–water partition coefficient (Wildman–Crippen LogP) is 3.35. The predicted molar refractivity (Wildman–Crippen MR) is 87.9 cm³/mol. The fourth-order valence-corrected chi connectivity index (χ4v) is 2.65. The fraction of sp³-hybridized carbons (Fsp3) is 0.167. The van der Waals surface area contributed by atoms with Gasteiger partial charge in [0.2, 0.25) is 11.8 Å². The molecule has 0 fully saturated rings. The molecule has 1 atom stereocenters. The summed E-state index contributed by atoms with van der Waals surface area (Å²) in [7, 11) is 0. The summed E-state index contributed by atoms with van der Waals surface area (Å²) in [5.41, 5.74) is 6.83. The number of hydrogen-bond acceptors (Lipinski definition) is 4. The third-order valence-corrected chi connectivity index (χ3v) is 3.99. The SMILES string of the molecule is CC1CC(c2ccc3nc(-c4ccccc4)oc3c2)=NNC1=O. The van der Waals surface area contributed by atoms with Gasteiger partial charge in [0.05, 0.1) is 5.71 Å². The zero-order chi connectivity index (χ0) is 15.8. The first-order valence-corrected chi connectivity index (χ1v) is 7.53. The number of carbonyl (C=O) groups excluding carboxylic acids is 1. The summed E-state index contributed by atoms with van der Waals surface area (Å²) >= 11 is 0. The summed E-state index contributed by atoms with van der Waals surface area (Å²) in [6.45, 7) is 1.89. The Morgan fingerprint density at radius 2 is 1.96 bits per heavy atom. The summed E-state index contributed by atoms with van der Waals surface area (Å²) in [6, 6.07) is 15.6. The number of oxazole rings is 1. The lowest BCUT2D eigenvalue weighted by Crippen LogP contribution is -2.33. The lowest BCUT2D eigenvalue weighted by atomic mass is 9.97. The van der Waals surface area contributed by atoms with E-state index in [1.807, 2.05) is 55.5 Å². The molecule has 0 spiro atoms. The molecule has 1 N–H and O–H groups in total. The van der Waals surface area contributed by atoms with Gasteiger partial charge < -0.3 is 4.42 Å². The van der Waals surface area contributed by atoms with Crippen LogP contribution in [0, 0.1) is 5.92 Å². The van der Waals surface area contributed by atoms with Crippen LogP contribution in [0.15, 0.2) is 58.0 Å². The molecular formula is C18H15N3O2. The summed E-state index contributed by atoms with van der Waals surface area (Å²) in [4.78, 5) is 16.0. The van der Waals surface area contributed by atoms with E-state index in [2.05, 4.69) is 15.5 Å². The molecule has 4 rings (SSSR count). The third kappa shape index (κ3) is 2.50. The second kappa shape index (κ2) is 5.35. The Kier molecular flexibility index (Phi) is 3.19. The van der Waals surface area contributed by atoms with Crippen LogP contribution in [-0.2, 0) is 4.79 Å². The van der Waals surface area contributed by atoms with Crippen LogP contribution < -0.4 is 5.43 Å². The molecule has 0 radical (unpaired) electrons. The molecule has 2 aromatic carbocycles. The summed E-state index contributed by atoms with van der Waals surface area (Å²) in [5, 5.41) is 4.16. The third-order valence-electron chi connectivity index (χ3n) is 3.99. The van der Waals surface area contributed by atoms with E-state index in [1.165, 1.54) is 0 Å². The molecule has 1 amide bonds. The molecular weight excluding hydrogens is 290 g/mol.